The number of hydrogen-bond acceptors (Lipinski definition) is 2. The van der Waals surface area contributed by atoms with Gasteiger partial charge in [-0.1, -0.05) is 72.0 Å². The minimum absolute atomic E-state index is 0.0630. The van der Waals surface area contributed by atoms with E-state index in [1.54, 1.807) is 5.57 Å². The van der Waals surface area contributed by atoms with Crippen molar-refractivity contribution < 1.29 is 9.53 Å². The Morgan fingerprint density at radius 3 is 2.68 bits per heavy atom. The van der Waals surface area contributed by atoms with Crippen LogP contribution in [0.4, 0.5) is 4.79 Å². The van der Waals surface area contributed by atoms with Gasteiger partial charge in [0.1, 0.15) is 6.10 Å². The van der Waals surface area contributed by atoms with Crippen LogP contribution in [0, 0.1) is 40.4 Å². The van der Waals surface area contributed by atoms with Crippen LogP contribution < -0.4 is 5.32 Å². The lowest BCUT2D eigenvalue weighted by Gasteiger charge is -2.58. The number of rotatable bonds is 9. The largest absolute Gasteiger partial charge is 0.446 e. The van der Waals surface area contributed by atoms with Crippen LogP contribution in [-0.2, 0) is 4.74 Å². The van der Waals surface area contributed by atoms with E-state index in [2.05, 4.69) is 46.0 Å². The highest BCUT2D eigenvalue weighted by atomic mass is 16.6. The van der Waals surface area contributed by atoms with Crippen LogP contribution in [0.15, 0.2) is 11.6 Å². The Bertz CT molecular complexity index is 729. The quantitative estimate of drug-likeness (QED) is 0.270. The van der Waals surface area contributed by atoms with Crippen LogP contribution in [0.5, 0.6) is 0 Å². The van der Waals surface area contributed by atoms with Gasteiger partial charge in [0.05, 0.1) is 0 Å². The predicted molar refractivity (Wildman–Crippen MR) is 142 cm³/mol. The Labute approximate surface area is 210 Å². The predicted octanol–water partition coefficient (Wildman–Crippen LogP) is 8.68. The second-order valence-electron chi connectivity index (χ2n) is 13.3. The summed E-state index contributed by atoms with van der Waals surface area (Å²) in [6.07, 6.45) is 20.5. The molecule has 1 amide bonds. The monoisotopic (exact) mass is 471 g/mol. The molecular weight excluding hydrogens is 418 g/mol. The first-order valence-corrected chi connectivity index (χ1v) is 14.9. The molecule has 34 heavy (non-hydrogen) atoms. The molecule has 7 unspecified atom stereocenters. The molecule has 4 aliphatic rings. The van der Waals surface area contributed by atoms with Gasteiger partial charge in [0.15, 0.2) is 0 Å². The lowest BCUT2D eigenvalue weighted by molar-refractivity contribution is -0.0519. The van der Waals surface area contributed by atoms with Gasteiger partial charge in [0, 0.05) is 13.0 Å². The molecule has 0 aromatic rings. The van der Waals surface area contributed by atoms with Crippen molar-refractivity contribution in [2.45, 2.75) is 131 Å². The van der Waals surface area contributed by atoms with E-state index < -0.39 is 0 Å². The van der Waals surface area contributed by atoms with Gasteiger partial charge in [0.2, 0.25) is 0 Å². The minimum Gasteiger partial charge on any atom is -0.446 e. The SMILES string of the molecule is CCCCNC(=O)OC1CCC2(C)C(=CCC3C2CCC2(C)C(CCCCC(C)C)CCC32)C1. The van der Waals surface area contributed by atoms with E-state index in [4.69, 9.17) is 4.74 Å². The van der Waals surface area contributed by atoms with Gasteiger partial charge in [-0.15, -0.1) is 0 Å². The number of unbranched alkanes of at least 4 members (excludes halogenated alkanes) is 2. The topological polar surface area (TPSA) is 38.3 Å². The van der Waals surface area contributed by atoms with E-state index in [1.165, 1.54) is 64.2 Å². The third-order valence-corrected chi connectivity index (χ3v) is 10.9. The molecule has 1 N–H and O–H groups in total. The van der Waals surface area contributed by atoms with Crippen LogP contribution >= 0.6 is 0 Å². The molecule has 3 saturated carbocycles. The number of hydrogen-bond donors (Lipinski definition) is 1. The summed E-state index contributed by atoms with van der Waals surface area (Å²) in [7, 11) is 0. The van der Waals surface area contributed by atoms with E-state index in [0.29, 0.717) is 10.8 Å². The zero-order valence-corrected chi connectivity index (χ0v) is 23.0. The number of alkyl carbamates (subject to hydrolysis) is 1. The minimum atomic E-state index is -0.213. The standard InChI is InChI=1S/C31H53NO2/c1-6-7-20-32-29(33)34-25-16-18-31(5)24(21-25)12-14-26-27-15-13-23(11-9-8-10-22(2)3)30(27,4)19-17-28(26)31/h12,22-23,25-28H,6-11,13-21H2,1-5H3,(H,32,33). The Hall–Kier alpha value is -0.990. The molecule has 3 fully saturated rings. The first-order valence-electron chi connectivity index (χ1n) is 14.9. The first kappa shape index (κ1) is 26.1. The Morgan fingerprint density at radius 2 is 1.91 bits per heavy atom. The van der Waals surface area contributed by atoms with Gasteiger partial charge in [0.25, 0.3) is 0 Å². The molecule has 0 aromatic heterocycles. The first-order chi connectivity index (χ1) is 16.3. The van der Waals surface area contributed by atoms with Crippen LogP contribution in [-0.4, -0.2) is 18.7 Å². The molecule has 4 aliphatic carbocycles. The molecule has 0 heterocycles. The number of amides is 1. The van der Waals surface area contributed by atoms with Crippen molar-refractivity contribution in [1.82, 2.24) is 5.32 Å². The fourth-order valence-corrected chi connectivity index (χ4v) is 8.81. The molecule has 3 heteroatoms. The van der Waals surface area contributed by atoms with E-state index in [0.717, 1.165) is 61.8 Å². The summed E-state index contributed by atoms with van der Waals surface area (Å²) in [5.41, 5.74) is 2.52. The summed E-state index contributed by atoms with van der Waals surface area (Å²) >= 11 is 0. The summed E-state index contributed by atoms with van der Waals surface area (Å²) in [6, 6.07) is 0. The number of allylic oxidation sites excluding steroid dienone is 1. The van der Waals surface area contributed by atoms with E-state index >= 15 is 0 Å². The maximum atomic E-state index is 12.2. The highest BCUT2D eigenvalue weighted by Crippen LogP contribution is 2.66. The number of fused-ring (bicyclic) bond motifs is 5. The number of carbonyl (C=O) groups is 1. The van der Waals surface area contributed by atoms with Gasteiger partial charge in [-0.05, 0) is 98.2 Å². The van der Waals surface area contributed by atoms with Crippen molar-refractivity contribution in [2.24, 2.45) is 40.4 Å². The van der Waals surface area contributed by atoms with Crippen molar-refractivity contribution in [3.8, 4) is 0 Å². The number of ether oxygens (including phenoxy) is 1. The summed E-state index contributed by atoms with van der Waals surface area (Å²) in [6.45, 7) is 12.8. The summed E-state index contributed by atoms with van der Waals surface area (Å²) in [5.74, 6) is 4.45. The highest BCUT2D eigenvalue weighted by Gasteiger charge is 2.58. The van der Waals surface area contributed by atoms with Crippen molar-refractivity contribution in [1.29, 1.82) is 0 Å². The zero-order chi connectivity index (χ0) is 24.3. The Kier molecular flexibility index (Phi) is 8.40. The molecule has 0 radical (unpaired) electrons. The highest BCUT2D eigenvalue weighted by molar-refractivity contribution is 5.67. The molecule has 0 aromatic carbocycles. The van der Waals surface area contributed by atoms with Crippen molar-refractivity contribution in [3.05, 3.63) is 11.6 Å². The van der Waals surface area contributed by atoms with Gasteiger partial charge in [-0.25, -0.2) is 4.79 Å². The molecule has 0 spiro atoms. The maximum absolute atomic E-state index is 12.2. The lowest BCUT2D eigenvalue weighted by Crippen LogP contribution is -2.50. The second kappa shape index (κ2) is 11.0. The van der Waals surface area contributed by atoms with Crippen molar-refractivity contribution in [3.63, 3.8) is 0 Å². The fraction of sp³-hybridized carbons (Fsp3) is 0.903. The van der Waals surface area contributed by atoms with Gasteiger partial charge < -0.3 is 10.1 Å². The fourth-order valence-electron chi connectivity index (χ4n) is 8.81. The smallest absolute Gasteiger partial charge is 0.407 e. The van der Waals surface area contributed by atoms with Crippen LogP contribution in [0.1, 0.15) is 125 Å². The van der Waals surface area contributed by atoms with E-state index in [9.17, 15) is 4.79 Å². The van der Waals surface area contributed by atoms with Crippen molar-refractivity contribution >= 4 is 6.09 Å². The maximum Gasteiger partial charge on any atom is 0.407 e. The Balaban J connectivity index is 1.36. The average molecular weight is 472 g/mol. The normalized spacial score (nSPS) is 39.1. The second-order valence-corrected chi connectivity index (χ2v) is 13.3. The lowest BCUT2D eigenvalue weighted by atomic mass is 9.47. The third kappa shape index (κ3) is 5.24. The van der Waals surface area contributed by atoms with Crippen LogP contribution in [0.25, 0.3) is 0 Å². The molecule has 194 valence electrons. The Morgan fingerprint density at radius 1 is 1.09 bits per heavy atom. The molecular formula is C31H53NO2. The summed E-state index contributed by atoms with van der Waals surface area (Å²) < 4.78 is 5.84. The molecule has 0 aliphatic heterocycles. The molecule has 4 rings (SSSR count). The van der Waals surface area contributed by atoms with E-state index in [-0.39, 0.29) is 12.2 Å². The zero-order valence-electron chi connectivity index (χ0n) is 23.0. The van der Waals surface area contributed by atoms with Crippen LogP contribution in [0.2, 0.25) is 0 Å². The molecule has 3 nitrogen and oxygen atoms in total. The van der Waals surface area contributed by atoms with Gasteiger partial charge in [-0.2, -0.15) is 0 Å². The number of carbonyl (C=O) groups excluding carboxylic acids is 1. The van der Waals surface area contributed by atoms with Gasteiger partial charge in [-0.3, -0.25) is 0 Å². The van der Waals surface area contributed by atoms with E-state index in [1.807, 2.05) is 0 Å². The third-order valence-electron chi connectivity index (χ3n) is 10.9. The number of nitrogens with one attached hydrogen (secondary N) is 1. The van der Waals surface area contributed by atoms with Crippen LogP contribution in [0.3, 0.4) is 0 Å². The summed E-state index contributed by atoms with van der Waals surface area (Å²) in [5, 5.41) is 2.93. The average Bonchev–Trinajstić information content (AvgIpc) is 3.13. The van der Waals surface area contributed by atoms with Gasteiger partial charge >= 0.3 is 6.09 Å². The molecule has 0 bridgehead atoms. The summed E-state index contributed by atoms with van der Waals surface area (Å²) in [4.78, 5) is 12.2. The van der Waals surface area contributed by atoms with Crippen molar-refractivity contribution in [2.75, 3.05) is 6.54 Å². The molecule has 7 atom stereocenters. The molecule has 0 saturated heterocycles.